The van der Waals surface area contributed by atoms with Gasteiger partial charge in [0.15, 0.2) is 0 Å². The first-order chi connectivity index (χ1) is 16.0. The van der Waals surface area contributed by atoms with E-state index in [1.165, 1.54) is 12.0 Å². The van der Waals surface area contributed by atoms with E-state index >= 15 is 0 Å². The molecule has 2 aromatic carbocycles. The summed E-state index contributed by atoms with van der Waals surface area (Å²) in [5.41, 5.74) is 1.28. The average molecular weight is 490 g/mol. The van der Waals surface area contributed by atoms with Gasteiger partial charge in [-0.15, -0.1) is 0 Å². The van der Waals surface area contributed by atoms with E-state index in [1.54, 1.807) is 31.2 Å². The van der Waals surface area contributed by atoms with Crippen LogP contribution in [-0.2, 0) is 26.0 Å². The Kier molecular flexibility index (Phi) is 9.92. The Bertz CT molecular complexity index is 1060. The standard InChI is InChI=1S/C25H35N3O5S/c1-19(2)17-26-25(30)20(3)27(16-15-21-11-7-6-8-12-21)24(29)18-28(34(5,31)32)22-13-9-10-14-23(22)33-4/h6-14,19-20H,15-18H2,1-5H3,(H,26,30)/t20-/m0/s1. The third-order valence-electron chi connectivity index (χ3n) is 5.37. The lowest BCUT2D eigenvalue weighted by Gasteiger charge is -2.32. The number of amides is 2. The van der Waals surface area contributed by atoms with Crippen LogP contribution >= 0.6 is 0 Å². The van der Waals surface area contributed by atoms with Crippen molar-refractivity contribution in [3.8, 4) is 5.75 Å². The molecular weight excluding hydrogens is 454 g/mol. The third-order valence-corrected chi connectivity index (χ3v) is 6.50. The molecule has 186 valence electrons. The van der Waals surface area contributed by atoms with E-state index < -0.39 is 28.5 Å². The number of nitrogens with zero attached hydrogens (tertiary/aromatic N) is 2. The number of benzene rings is 2. The topological polar surface area (TPSA) is 96.0 Å². The molecule has 0 saturated carbocycles. The molecule has 1 atom stereocenters. The maximum absolute atomic E-state index is 13.5. The number of methoxy groups -OCH3 is 1. The fourth-order valence-electron chi connectivity index (χ4n) is 3.45. The number of hydrogen-bond donors (Lipinski definition) is 1. The molecular formula is C25H35N3O5S. The molecule has 0 unspecified atom stereocenters. The Morgan fingerprint density at radius 1 is 1.00 bits per heavy atom. The molecule has 2 rings (SSSR count). The van der Waals surface area contributed by atoms with E-state index in [4.69, 9.17) is 4.74 Å². The largest absolute Gasteiger partial charge is 0.495 e. The Labute approximate surface area is 202 Å². The smallest absolute Gasteiger partial charge is 0.244 e. The quantitative estimate of drug-likeness (QED) is 0.495. The fraction of sp³-hybridized carbons (Fsp3) is 0.440. The van der Waals surface area contributed by atoms with Gasteiger partial charge in [-0.25, -0.2) is 8.42 Å². The summed E-state index contributed by atoms with van der Waals surface area (Å²) in [5, 5.41) is 2.86. The van der Waals surface area contributed by atoms with Crippen molar-refractivity contribution in [1.29, 1.82) is 0 Å². The van der Waals surface area contributed by atoms with Crippen LogP contribution in [-0.4, -0.2) is 64.2 Å². The van der Waals surface area contributed by atoms with Gasteiger partial charge < -0.3 is 15.0 Å². The van der Waals surface area contributed by atoms with Crippen molar-refractivity contribution < 1.29 is 22.7 Å². The highest BCUT2D eigenvalue weighted by Crippen LogP contribution is 2.29. The zero-order chi connectivity index (χ0) is 25.3. The normalized spacial score (nSPS) is 12.2. The molecule has 0 bridgehead atoms. The van der Waals surface area contributed by atoms with Crippen LogP contribution in [0.4, 0.5) is 5.69 Å². The molecule has 34 heavy (non-hydrogen) atoms. The van der Waals surface area contributed by atoms with Gasteiger partial charge in [0.2, 0.25) is 21.8 Å². The van der Waals surface area contributed by atoms with Gasteiger partial charge in [0.25, 0.3) is 0 Å². The third kappa shape index (κ3) is 7.76. The van der Waals surface area contributed by atoms with Gasteiger partial charge in [-0.05, 0) is 37.0 Å². The Morgan fingerprint density at radius 2 is 1.62 bits per heavy atom. The van der Waals surface area contributed by atoms with Gasteiger partial charge in [-0.2, -0.15) is 0 Å². The van der Waals surface area contributed by atoms with Crippen LogP contribution in [0, 0.1) is 5.92 Å². The number of carbonyl (C=O) groups is 2. The van der Waals surface area contributed by atoms with Crippen molar-refractivity contribution in [1.82, 2.24) is 10.2 Å². The van der Waals surface area contributed by atoms with Crippen LogP contribution in [0.15, 0.2) is 54.6 Å². The minimum Gasteiger partial charge on any atom is -0.495 e. The molecule has 0 aromatic heterocycles. The number of sulfonamides is 1. The average Bonchev–Trinajstić information content (AvgIpc) is 2.80. The second-order valence-electron chi connectivity index (χ2n) is 8.58. The maximum Gasteiger partial charge on any atom is 0.244 e. The van der Waals surface area contributed by atoms with E-state index in [-0.39, 0.29) is 24.1 Å². The number of ether oxygens (including phenoxy) is 1. The number of para-hydroxylation sites is 2. The Morgan fingerprint density at radius 3 is 2.21 bits per heavy atom. The number of hydrogen-bond acceptors (Lipinski definition) is 5. The lowest BCUT2D eigenvalue weighted by atomic mass is 10.1. The van der Waals surface area contributed by atoms with Gasteiger partial charge in [0, 0.05) is 13.1 Å². The summed E-state index contributed by atoms with van der Waals surface area (Å²) in [4.78, 5) is 27.7. The van der Waals surface area contributed by atoms with Crippen LogP contribution in [0.1, 0.15) is 26.3 Å². The maximum atomic E-state index is 13.5. The van der Waals surface area contributed by atoms with Crippen molar-refractivity contribution >= 4 is 27.5 Å². The van der Waals surface area contributed by atoms with Gasteiger partial charge in [-0.1, -0.05) is 56.3 Å². The highest BCUT2D eigenvalue weighted by atomic mass is 32.2. The summed E-state index contributed by atoms with van der Waals surface area (Å²) < 4.78 is 31.6. The number of anilines is 1. The first-order valence-corrected chi connectivity index (χ1v) is 13.1. The van der Waals surface area contributed by atoms with Crippen molar-refractivity contribution in [3.05, 3.63) is 60.2 Å². The SMILES string of the molecule is COc1ccccc1N(CC(=O)N(CCc1ccccc1)[C@@H](C)C(=O)NCC(C)C)S(C)(=O)=O. The molecule has 1 N–H and O–H groups in total. The molecule has 0 aliphatic rings. The van der Waals surface area contributed by atoms with E-state index in [9.17, 15) is 18.0 Å². The molecule has 0 spiro atoms. The van der Waals surface area contributed by atoms with Gasteiger partial charge in [-0.3, -0.25) is 13.9 Å². The first kappa shape index (κ1) is 27.2. The summed E-state index contributed by atoms with van der Waals surface area (Å²) in [6.45, 7) is 5.94. The number of carbonyl (C=O) groups excluding carboxylic acids is 2. The minimum absolute atomic E-state index is 0.260. The van der Waals surface area contributed by atoms with E-state index in [1.807, 2.05) is 44.2 Å². The number of rotatable bonds is 12. The fourth-order valence-corrected chi connectivity index (χ4v) is 4.31. The predicted octanol–water partition coefficient (Wildman–Crippen LogP) is 2.69. The van der Waals surface area contributed by atoms with Gasteiger partial charge in [0.1, 0.15) is 18.3 Å². The Balaban J connectivity index is 2.32. The lowest BCUT2D eigenvalue weighted by molar-refractivity contribution is -0.138. The molecule has 9 heteroatoms. The summed E-state index contributed by atoms with van der Waals surface area (Å²) in [6.07, 6.45) is 1.57. The van der Waals surface area contributed by atoms with Crippen molar-refractivity contribution in [2.24, 2.45) is 5.92 Å². The van der Waals surface area contributed by atoms with Crippen molar-refractivity contribution in [2.75, 3.05) is 37.3 Å². The van der Waals surface area contributed by atoms with E-state index in [0.717, 1.165) is 16.1 Å². The monoisotopic (exact) mass is 489 g/mol. The predicted molar refractivity (Wildman–Crippen MR) is 134 cm³/mol. The Hall–Kier alpha value is -3.07. The molecule has 0 aliphatic carbocycles. The van der Waals surface area contributed by atoms with Crippen molar-refractivity contribution in [3.63, 3.8) is 0 Å². The summed E-state index contributed by atoms with van der Waals surface area (Å²) in [5.74, 6) is -0.159. The second-order valence-corrected chi connectivity index (χ2v) is 10.5. The molecule has 8 nitrogen and oxygen atoms in total. The minimum atomic E-state index is -3.81. The summed E-state index contributed by atoms with van der Waals surface area (Å²) in [7, 11) is -2.37. The molecule has 2 aromatic rings. The molecule has 0 saturated heterocycles. The molecule has 0 heterocycles. The summed E-state index contributed by atoms with van der Waals surface area (Å²) >= 11 is 0. The van der Waals surface area contributed by atoms with Crippen LogP contribution in [0.2, 0.25) is 0 Å². The first-order valence-electron chi connectivity index (χ1n) is 11.3. The molecule has 2 amide bonds. The van der Waals surface area contributed by atoms with Crippen LogP contribution < -0.4 is 14.4 Å². The van der Waals surface area contributed by atoms with Crippen LogP contribution in [0.25, 0.3) is 0 Å². The van der Waals surface area contributed by atoms with Gasteiger partial charge in [0.05, 0.1) is 19.1 Å². The number of nitrogens with one attached hydrogen (secondary N) is 1. The highest BCUT2D eigenvalue weighted by molar-refractivity contribution is 7.92. The second kappa shape index (κ2) is 12.4. The molecule has 0 fully saturated rings. The zero-order valence-electron chi connectivity index (χ0n) is 20.5. The molecule has 0 radical (unpaired) electrons. The van der Waals surface area contributed by atoms with Crippen molar-refractivity contribution in [2.45, 2.75) is 33.2 Å². The lowest BCUT2D eigenvalue weighted by Crippen LogP contribution is -2.52. The summed E-state index contributed by atoms with van der Waals surface area (Å²) in [6, 6.07) is 15.5. The van der Waals surface area contributed by atoms with E-state index in [0.29, 0.717) is 18.7 Å². The van der Waals surface area contributed by atoms with Gasteiger partial charge >= 0.3 is 0 Å². The molecule has 0 aliphatic heterocycles. The van der Waals surface area contributed by atoms with E-state index in [2.05, 4.69) is 5.32 Å². The van der Waals surface area contributed by atoms with Crippen LogP contribution in [0.3, 0.4) is 0 Å². The zero-order valence-corrected chi connectivity index (χ0v) is 21.3. The van der Waals surface area contributed by atoms with Crippen LogP contribution in [0.5, 0.6) is 5.75 Å². The highest BCUT2D eigenvalue weighted by Gasteiger charge is 2.30.